The highest BCUT2D eigenvalue weighted by Crippen LogP contribution is 2.35. The third kappa shape index (κ3) is 3.68. The van der Waals surface area contributed by atoms with Crippen molar-refractivity contribution in [3.8, 4) is 0 Å². The van der Waals surface area contributed by atoms with Gasteiger partial charge in [0, 0.05) is 13.1 Å². The van der Waals surface area contributed by atoms with E-state index in [1.54, 1.807) is 19.9 Å². The summed E-state index contributed by atoms with van der Waals surface area (Å²) >= 11 is 0. The largest absolute Gasteiger partial charge is 0.416 e. The Morgan fingerprint density at radius 3 is 2.20 bits per heavy atom. The lowest BCUT2D eigenvalue weighted by Crippen LogP contribution is -2.44. The van der Waals surface area contributed by atoms with Gasteiger partial charge in [-0.05, 0) is 63.2 Å². The average molecular weight is 354 g/mol. The molecule has 2 aliphatic rings. The van der Waals surface area contributed by atoms with Gasteiger partial charge in [0.05, 0.1) is 11.0 Å². The summed E-state index contributed by atoms with van der Waals surface area (Å²) in [6, 6.07) is 5.15. The fourth-order valence-electron chi connectivity index (χ4n) is 4.02. The molecule has 0 aliphatic carbocycles. The molecule has 2 fully saturated rings. The molecule has 2 atom stereocenters. The Labute approximate surface area is 146 Å². The standard InChI is InChI=1S/C19H25F3N2O/c1-18(2,15-4-3-5-16(10-15)19(20,21)22)17(25)24-8-6-13-11-23-12-14(13)7-9-24/h3-5,10,13-14,23H,6-9,11-12H2,1-2H3/t13-,14+. The van der Waals surface area contributed by atoms with Crippen LogP contribution >= 0.6 is 0 Å². The van der Waals surface area contributed by atoms with Gasteiger partial charge in [-0.25, -0.2) is 0 Å². The van der Waals surface area contributed by atoms with Crippen LogP contribution in [-0.4, -0.2) is 37.0 Å². The number of likely N-dealkylation sites (tertiary alicyclic amines) is 1. The minimum atomic E-state index is -4.40. The van der Waals surface area contributed by atoms with Gasteiger partial charge >= 0.3 is 6.18 Å². The Balaban J connectivity index is 1.78. The van der Waals surface area contributed by atoms with Crippen LogP contribution < -0.4 is 5.32 Å². The Kier molecular flexibility index (Phi) is 4.84. The first-order valence-corrected chi connectivity index (χ1v) is 8.87. The van der Waals surface area contributed by atoms with Gasteiger partial charge in [-0.15, -0.1) is 0 Å². The molecule has 2 saturated heterocycles. The third-order valence-electron chi connectivity index (χ3n) is 5.75. The van der Waals surface area contributed by atoms with E-state index in [1.165, 1.54) is 6.07 Å². The second-order valence-corrected chi connectivity index (χ2v) is 7.75. The molecule has 2 aliphatic heterocycles. The van der Waals surface area contributed by atoms with Crippen molar-refractivity contribution in [2.75, 3.05) is 26.2 Å². The molecule has 3 nitrogen and oxygen atoms in total. The number of benzene rings is 1. The van der Waals surface area contributed by atoms with Gasteiger partial charge in [0.15, 0.2) is 0 Å². The van der Waals surface area contributed by atoms with Crippen molar-refractivity contribution in [1.82, 2.24) is 10.2 Å². The van der Waals surface area contributed by atoms with Crippen LogP contribution in [0.1, 0.15) is 37.8 Å². The maximum atomic E-state index is 13.1. The van der Waals surface area contributed by atoms with Gasteiger partial charge in [-0.3, -0.25) is 4.79 Å². The molecule has 0 bridgehead atoms. The highest BCUT2D eigenvalue weighted by Gasteiger charge is 2.39. The molecule has 1 N–H and O–H groups in total. The van der Waals surface area contributed by atoms with Crippen LogP contribution in [0.4, 0.5) is 13.2 Å². The van der Waals surface area contributed by atoms with Gasteiger partial charge < -0.3 is 10.2 Å². The number of hydrogen-bond donors (Lipinski definition) is 1. The van der Waals surface area contributed by atoms with E-state index in [-0.39, 0.29) is 5.91 Å². The average Bonchev–Trinajstić information content (AvgIpc) is 2.92. The topological polar surface area (TPSA) is 32.3 Å². The van der Waals surface area contributed by atoms with Crippen LogP contribution in [0, 0.1) is 11.8 Å². The van der Waals surface area contributed by atoms with Crippen molar-refractivity contribution in [2.24, 2.45) is 11.8 Å². The quantitative estimate of drug-likeness (QED) is 0.882. The summed E-state index contributed by atoms with van der Waals surface area (Å²) in [6.07, 6.45) is -2.48. The molecular weight excluding hydrogens is 329 g/mol. The SMILES string of the molecule is CC(C)(C(=O)N1CC[C@@H]2CNC[C@@H]2CC1)c1cccc(C(F)(F)F)c1. The lowest BCUT2D eigenvalue weighted by molar-refractivity contribution is -0.139. The fourth-order valence-corrected chi connectivity index (χ4v) is 4.02. The number of carbonyl (C=O) groups excluding carboxylic acids is 1. The summed E-state index contributed by atoms with van der Waals surface area (Å²) in [7, 11) is 0. The molecule has 0 saturated carbocycles. The van der Waals surface area contributed by atoms with Crippen LogP contribution in [0.3, 0.4) is 0 Å². The van der Waals surface area contributed by atoms with Crippen molar-refractivity contribution in [2.45, 2.75) is 38.3 Å². The van der Waals surface area contributed by atoms with E-state index in [4.69, 9.17) is 0 Å². The van der Waals surface area contributed by atoms with E-state index >= 15 is 0 Å². The maximum absolute atomic E-state index is 13.1. The van der Waals surface area contributed by atoms with Crippen molar-refractivity contribution in [1.29, 1.82) is 0 Å². The van der Waals surface area contributed by atoms with E-state index in [9.17, 15) is 18.0 Å². The molecule has 0 spiro atoms. The van der Waals surface area contributed by atoms with E-state index in [0.29, 0.717) is 30.5 Å². The van der Waals surface area contributed by atoms with E-state index in [0.717, 1.165) is 38.1 Å². The Morgan fingerprint density at radius 1 is 1.08 bits per heavy atom. The normalized spacial score (nSPS) is 24.8. The van der Waals surface area contributed by atoms with Crippen molar-refractivity contribution >= 4 is 5.91 Å². The van der Waals surface area contributed by atoms with Crippen molar-refractivity contribution in [3.05, 3.63) is 35.4 Å². The van der Waals surface area contributed by atoms with Gasteiger partial charge in [-0.1, -0.05) is 18.2 Å². The van der Waals surface area contributed by atoms with Gasteiger partial charge in [-0.2, -0.15) is 13.2 Å². The predicted octanol–water partition coefficient (Wildman–Crippen LogP) is 3.44. The van der Waals surface area contributed by atoms with E-state index in [1.807, 2.05) is 4.90 Å². The van der Waals surface area contributed by atoms with Crippen LogP contribution in [0.2, 0.25) is 0 Å². The molecule has 0 unspecified atom stereocenters. The lowest BCUT2D eigenvalue weighted by Gasteiger charge is -2.32. The number of halogens is 3. The highest BCUT2D eigenvalue weighted by molar-refractivity contribution is 5.87. The molecule has 1 aromatic rings. The molecule has 1 aromatic carbocycles. The summed E-state index contributed by atoms with van der Waals surface area (Å²) in [5.74, 6) is 1.13. The van der Waals surface area contributed by atoms with Crippen LogP contribution in [-0.2, 0) is 16.4 Å². The number of amides is 1. The molecule has 138 valence electrons. The molecule has 6 heteroatoms. The predicted molar refractivity (Wildman–Crippen MR) is 90.1 cm³/mol. The second-order valence-electron chi connectivity index (χ2n) is 7.75. The first-order chi connectivity index (χ1) is 11.7. The number of rotatable bonds is 2. The number of alkyl halides is 3. The summed E-state index contributed by atoms with van der Waals surface area (Å²) in [5, 5.41) is 3.40. The number of nitrogens with one attached hydrogen (secondary N) is 1. The molecule has 0 aromatic heterocycles. The number of nitrogens with zero attached hydrogens (tertiary/aromatic N) is 1. The van der Waals surface area contributed by atoms with Crippen molar-refractivity contribution in [3.63, 3.8) is 0 Å². The first kappa shape index (κ1) is 18.2. The minimum absolute atomic E-state index is 0.0836. The van der Waals surface area contributed by atoms with E-state index < -0.39 is 17.2 Å². The minimum Gasteiger partial charge on any atom is -0.342 e. The van der Waals surface area contributed by atoms with Gasteiger partial charge in [0.25, 0.3) is 0 Å². The number of hydrogen-bond acceptors (Lipinski definition) is 2. The van der Waals surface area contributed by atoms with Crippen LogP contribution in [0.25, 0.3) is 0 Å². The molecule has 25 heavy (non-hydrogen) atoms. The summed E-state index contributed by atoms with van der Waals surface area (Å²) in [6.45, 7) is 6.82. The zero-order chi connectivity index (χ0) is 18.2. The maximum Gasteiger partial charge on any atom is 0.416 e. The summed E-state index contributed by atoms with van der Waals surface area (Å²) < 4.78 is 39.0. The first-order valence-electron chi connectivity index (χ1n) is 8.87. The Bertz CT molecular complexity index is 628. The Morgan fingerprint density at radius 2 is 1.64 bits per heavy atom. The highest BCUT2D eigenvalue weighted by atomic mass is 19.4. The zero-order valence-corrected chi connectivity index (χ0v) is 14.7. The van der Waals surface area contributed by atoms with Crippen LogP contribution in [0.5, 0.6) is 0 Å². The van der Waals surface area contributed by atoms with Gasteiger partial charge in [0.2, 0.25) is 5.91 Å². The number of fused-ring (bicyclic) bond motifs is 1. The second kappa shape index (κ2) is 6.63. The Hall–Kier alpha value is -1.56. The van der Waals surface area contributed by atoms with Crippen LogP contribution in [0.15, 0.2) is 24.3 Å². The molecule has 3 rings (SSSR count). The fraction of sp³-hybridized carbons (Fsp3) is 0.632. The summed E-state index contributed by atoms with van der Waals surface area (Å²) in [4.78, 5) is 14.9. The molecule has 1 amide bonds. The summed E-state index contributed by atoms with van der Waals surface area (Å²) in [5.41, 5.74) is -1.26. The van der Waals surface area contributed by atoms with E-state index in [2.05, 4.69) is 5.32 Å². The number of carbonyl (C=O) groups is 1. The molecule has 0 radical (unpaired) electrons. The lowest BCUT2D eigenvalue weighted by atomic mass is 9.82. The molecular formula is C19H25F3N2O. The smallest absolute Gasteiger partial charge is 0.342 e. The monoisotopic (exact) mass is 354 g/mol. The molecule has 2 heterocycles. The van der Waals surface area contributed by atoms with Crippen molar-refractivity contribution < 1.29 is 18.0 Å². The zero-order valence-electron chi connectivity index (χ0n) is 14.7. The third-order valence-corrected chi connectivity index (χ3v) is 5.75. The van der Waals surface area contributed by atoms with Gasteiger partial charge in [0.1, 0.15) is 0 Å².